The maximum absolute atomic E-state index is 13.0. The van der Waals surface area contributed by atoms with Crippen molar-refractivity contribution in [3.8, 4) is 0 Å². The molecular weight excluding hydrogens is 314 g/mol. The molecule has 1 aliphatic heterocycles. The van der Waals surface area contributed by atoms with E-state index in [0.717, 1.165) is 38.5 Å². The van der Waals surface area contributed by atoms with E-state index in [-0.39, 0.29) is 16.2 Å². The molecule has 3 unspecified atom stereocenters. The van der Waals surface area contributed by atoms with Gasteiger partial charge in [0.15, 0.2) is 0 Å². The number of hydrogen-bond donors (Lipinski definition) is 3. The van der Waals surface area contributed by atoms with E-state index in [2.05, 4.69) is 0 Å². The van der Waals surface area contributed by atoms with Crippen LogP contribution in [0.2, 0.25) is 0 Å². The van der Waals surface area contributed by atoms with Crippen LogP contribution in [0.3, 0.4) is 0 Å². The van der Waals surface area contributed by atoms with Gasteiger partial charge in [-0.25, -0.2) is 0 Å². The van der Waals surface area contributed by atoms with Gasteiger partial charge in [-0.2, -0.15) is 0 Å². The summed E-state index contributed by atoms with van der Waals surface area (Å²) in [5.41, 5.74) is 6.32. The minimum atomic E-state index is -1.48. The molecule has 1 heterocycles. The second-order valence-corrected chi connectivity index (χ2v) is 9.41. The second-order valence-electron chi connectivity index (χ2n) is 8.61. The molecule has 23 heavy (non-hydrogen) atoms. The van der Waals surface area contributed by atoms with Crippen LogP contribution in [0.5, 0.6) is 0 Å². The molecule has 4 aliphatic carbocycles. The first-order chi connectivity index (χ1) is 10.8. The largest absolute Gasteiger partial charge is 0.475 e. The molecule has 5 rings (SSSR count). The van der Waals surface area contributed by atoms with Gasteiger partial charge in [0.25, 0.3) is 0 Å². The molecule has 7 heteroatoms. The number of rotatable bonds is 3. The number of amides is 1. The molecule has 4 N–H and O–H groups in total. The highest BCUT2D eigenvalue weighted by atomic mass is 35.5. The van der Waals surface area contributed by atoms with Crippen molar-refractivity contribution in [3.63, 3.8) is 0 Å². The summed E-state index contributed by atoms with van der Waals surface area (Å²) >= 11 is 6.85. The SMILES string of the molecule is NC(C(=O)N1CCC[C@H]1B(O)O)C12CC3CC(CC(Cl)(C3)C1)C2. The van der Waals surface area contributed by atoms with Crippen molar-refractivity contribution in [3.05, 3.63) is 0 Å². The number of hydrogen-bond acceptors (Lipinski definition) is 4. The average molecular weight is 341 g/mol. The van der Waals surface area contributed by atoms with E-state index in [1.54, 1.807) is 4.90 Å². The van der Waals surface area contributed by atoms with Crippen LogP contribution in [-0.2, 0) is 4.79 Å². The molecule has 5 nitrogen and oxygen atoms in total. The third-order valence-electron chi connectivity index (χ3n) is 6.89. The number of carbonyl (C=O) groups excluding carboxylic acids is 1. The second kappa shape index (κ2) is 5.35. The Morgan fingerprint density at radius 1 is 1.26 bits per heavy atom. The van der Waals surface area contributed by atoms with E-state index < -0.39 is 19.1 Å². The fraction of sp³-hybridized carbons (Fsp3) is 0.938. The van der Waals surface area contributed by atoms with Crippen molar-refractivity contribution in [1.29, 1.82) is 0 Å². The maximum atomic E-state index is 13.0. The van der Waals surface area contributed by atoms with E-state index in [0.29, 0.717) is 24.8 Å². The van der Waals surface area contributed by atoms with Crippen LogP contribution in [0.4, 0.5) is 0 Å². The van der Waals surface area contributed by atoms with Gasteiger partial charge in [-0.3, -0.25) is 4.79 Å². The molecule has 5 aliphatic rings. The Labute approximate surface area is 142 Å². The lowest BCUT2D eigenvalue weighted by Gasteiger charge is -2.61. The molecule has 128 valence electrons. The highest BCUT2D eigenvalue weighted by Crippen LogP contribution is 2.64. The lowest BCUT2D eigenvalue weighted by Crippen LogP contribution is -2.64. The van der Waals surface area contributed by atoms with Gasteiger partial charge >= 0.3 is 7.12 Å². The van der Waals surface area contributed by atoms with Crippen molar-refractivity contribution in [1.82, 2.24) is 4.90 Å². The smallest absolute Gasteiger partial charge is 0.426 e. The molecule has 0 spiro atoms. The average Bonchev–Trinajstić information content (AvgIpc) is 2.92. The molecule has 1 amide bonds. The van der Waals surface area contributed by atoms with E-state index in [4.69, 9.17) is 17.3 Å². The number of alkyl halides is 1. The van der Waals surface area contributed by atoms with E-state index in [1.165, 1.54) is 6.42 Å². The van der Waals surface area contributed by atoms with Crippen molar-refractivity contribution in [2.75, 3.05) is 6.54 Å². The zero-order valence-corrected chi connectivity index (χ0v) is 14.2. The van der Waals surface area contributed by atoms with Gasteiger partial charge in [0.2, 0.25) is 5.91 Å². The fourth-order valence-corrected chi connectivity index (χ4v) is 7.10. The summed E-state index contributed by atoms with van der Waals surface area (Å²) in [6, 6.07) is -0.564. The molecule has 0 aromatic rings. The molecule has 1 saturated heterocycles. The Morgan fingerprint density at radius 2 is 1.91 bits per heavy atom. The fourth-order valence-electron chi connectivity index (χ4n) is 6.40. The third kappa shape index (κ3) is 2.53. The zero-order chi connectivity index (χ0) is 16.4. The monoisotopic (exact) mass is 340 g/mol. The van der Waals surface area contributed by atoms with Gasteiger partial charge in [0.05, 0.1) is 12.0 Å². The topological polar surface area (TPSA) is 86.8 Å². The van der Waals surface area contributed by atoms with Gasteiger partial charge in [-0.1, -0.05) is 0 Å². The normalized spacial score (nSPS) is 46.3. The summed E-state index contributed by atoms with van der Waals surface area (Å²) in [6.45, 7) is 0.573. The quantitative estimate of drug-likeness (QED) is 0.526. The van der Waals surface area contributed by atoms with Crippen LogP contribution in [0.15, 0.2) is 0 Å². The first-order valence-corrected chi connectivity index (χ1v) is 9.31. The van der Waals surface area contributed by atoms with Crippen LogP contribution in [-0.4, -0.2) is 51.4 Å². The van der Waals surface area contributed by atoms with E-state index in [1.807, 2.05) is 0 Å². The Bertz CT molecular complexity index is 504. The predicted octanol–water partition coefficient (Wildman–Crippen LogP) is 0.894. The highest BCUT2D eigenvalue weighted by molar-refractivity contribution is 6.43. The molecule has 4 bridgehead atoms. The Kier molecular flexibility index (Phi) is 3.77. The van der Waals surface area contributed by atoms with Crippen molar-refractivity contribution < 1.29 is 14.8 Å². The predicted molar refractivity (Wildman–Crippen MR) is 88.6 cm³/mol. The van der Waals surface area contributed by atoms with Gasteiger partial charge < -0.3 is 20.7 Å². The van der Waals surface area contributed by atoms with Crippen LogP contribution in [0, 0.1) is 17.3 Å². The molecule has 4 atom stereocenters. The standard InChI is InChI=1S/C16H26BClN2O3/c18-16-7-10-4-11(8-16)6-15(5-10,9-16)13(19)14(21)20-3-1-2-12(20)17(22)23/h10-13,22-23H,1-9,19H2/t10?,11?,12-,13?,15?,16?/m0/s1. The van der Waals surface area contributed by atoms with Crippen LogP contribution in [0.25, 0.3) is 0 Å². The van der Waals surface area contributed by atoms with Gasteiger partial charge in [-0.15, -0.1) is 11.6 Å². The minimum Gasteiger partial charge on any atom is -0.426 e. The van der Waals surface area contributed by atoms with Crippen LogP contribution >= 0.6 is 11.6 Å². The summed E-state index contributed by atoms with van der Waals surface area (Å²) in [6.07, 6.45) is 7.65. The zero-order valence-electron chi connectivity index (χ0n) is 13.5. The van der Waals surface area contributed by atoms with Gasteiger partial charge in [-0.05, 0) is 68.6 Å². The number of likely N-dealkylation sites (tertiary alicyclic amines) is 1. The van der Waals surface area contributed by atoms with Gasteiger partial charge in [0.1, 0.15) is 0 Å². The Morgan fingerprint density at radius 3 is 2.48 bits per heavy atom. The van der Waals surface area contributed by atoms with Crippen molar-refractivity contribution in [2.45, 2.75) is 68.2 Å². The Hall–Kier alpha value is -0.295. The molecule has 5 fully saturated rings. The first kappa shape index (κ1) is 16.2. The number of carbonyl (C=O) groups is 1. The van der Waals surface area contributed by atoms with E-state index >= 15 is 0 Å². The summed E-state index contributed by atoms with van der Waals surface area (Å²) in [7, 11) is -1.48. The highest BCUT2D eigenvalue weighted by Gasteiger charge is 2.60. The summed E-state index contributed by atoms with van der Waals surface area (Å²) in [5.74, 6) is 0.589. The number of nitrogens with two attached hydrogens (primary N) is 1. The van der Waals surface area contributed by atoms with Crippen molar-refractivity contribution in [2.24, 2.45) is 23.0 Å². The lowest BCUT2D eigenvalue weighted by atomic mass is 9.47. The number of nitrogens with zero attached hydrogens (tertiary/aromatic N) is 1. The minimum absolute atomic E-state index is 0.109. The number of halogens is 1. The maximum Gasteiger partial charge on any atom is 0.475 e. The lowest BCUT2D eigenvalue weighted by molar-refractivity contribution is -0.142. The van der Waals surface area contributed by atoms with Crippen molar-refractivity contribution >= 4 is 24.6 Å². The molecule has 0 aromatic carbocycles. The molecular formula is C16H26BClN2O3. The Balaban J connectivity index is 1.57. The van der Waals surface area contributed by atoms with Crippen LogP contribution in [0.1, 0.15) is 51.4 Å². The summed E-state index contributed by atoms with van der Waals surface area (Å²) < 4.78 is 0. The van der Waals surface area contributed by atoms with Gasteiger partial charge in [0, 0.05) is 11.4 Å². The first-order valence-electron chi connectivity index (χ1n) is 8.93. The molecule has 4 saturated carbocycles. The molecule has 0 aromatic heterocycles. The van der Waals surface area contributed by atoms with Crippen LogP contribution < -0.4 is 5.73 Å². The molecule has 0 radical (unpaired) electrons. The van der Waals surface area contributed by atoms with E-state index in [9.17, 15) is 14.8 Å². The summed E-state index contributed by atoms with van der Waals surface area (Å²) in [5, 5.41) is 19.1. The third-order valence-corrected chi connectivity index (χ3v) is 7.33. The summed E-state index contributed by atoms with van der Waals surface area (Å²) in [4.78, 5) is 14.5.